The van der Waals surface area contributed by atoms with Crippen molar-refractivity contribution in [3.63, 3.8) is 0 Å². The molecule has 2 amide bonds. The number of nitrogens with zero attached hydrogens (tertiary/aromatic N) is 3. The van der Waals surface area contributed by atoms with E-state index in [9.17, 15) is 18.0 Å². The predicted molar refractivity (Wildman–Crippen MR) is 182 cm³/mol. The van der Waals surface area contributed by atoms with Crippen LogP contribution in [0.15, 0.2) is 66.7 Å². The van der Waals surface area contributed by atoms with Crippen molar-refractivity contribution >= 4 is 50.9 Å². The van der Waals surface area contributed by atoms with Crippen LogP contribution < -0.4 is 9.62 Å². The van der Waals surface area contributed by atoms with Crippen LogP contribution in [0.2, 0.25) is 10.0 Å². The lowest BCUT2D eigenvalue weighted by molar-refractivity contribution is -0.140. The summed E-state index contributed by atoms with van der Waals surface area (Å²) in [6.07, 6.45) is 5.19. The molecule has 1 aliphatic rings. The van der Waals surface area contributed by atoms with E-state index in [1.807, 2.05) is 49.4 Å². The highest BCUT2D eigenvalue weighted by Crippen LogP contribution is 2.28. The minimum atomic E-state index is -4.10. The van der Waals surface area contributed by atoms with Crippen LogP contribution in [0, 0.1) is 13.8 Å². The zero-order valence-electron chi connectivity index (χ0n) is 26.3. The molecule has 1 fully saturated rings. The van der Waals surface area contributed by atoms with Crippen molar-refractivity contribution in [2.45, 2.75) is 71.0 Å². The predicted octanol–water partition coefficient (Wildman–Crippen LogP) is 6.31. The van der Waals surface area contributed by atoms with E-state index >= 15 is 0 Å². The van der Waals surface area contributed by atoms with Crippen molar-refractivity contribution in [3.05, 3.63) is 99.0 Å². The molecule has 8 nitrogen and oxygen atoms in total. The molecular weight excluding hydrogens is 631 g/mol. The quantitative estimate of drug-likeness (QED) is 0.244. The average Bonchev–Trinajstić information content (AvgIpc) is 3.00. The maximum Gasteiger partial charge on any atom is 0.304 e. The van der Waals surface area contributed by atoms with Crippen LogP contribution in [-0.4, -0.2) is 62.2 Å². The number of nitrogens with one attached hydrogen (secondary N) is 1. The number of amides is 2. The first-order valence-corrected chi connectivity index (χ1v) is 17.4. The normalized spacial score (nSPS) is 14.6. The summed E-state index contributed by atoms with van der Waals surface area (Å²) < 4.78 is 29.7. The molecule has 0 heterocycles. The van der Waals surface area contributed by atoms with Crippen molar-refractivity contribution < 1.29 is 18.0 Å². The molecule has 1 aliphatic carbocycles. The fraction of sp³-hybridized carbons (Fsp3) is 0.412. The Morgan fingerprint density at radius 1 is 0.933 bits per heavy atom. The van der Waals surface area contributed by atoms with Gasteiger partial charge in [0.25, 0.3) is 0 Å². The van der Waals surface area contributed by atoms with Crippen LogP contribution in [0.1, 0.15) is 54.4 Å². The maximum atomic E-state index is 14.6. The number of hydrogen-bond donors (Lipinski definition) is 1. The average molecular weight is 674 g/mol. The molecule has 4 rings (SSSR count). The smallest absolute Gasteiger partial charge is 0.304 e. The van der Waals surface area contributed by atoms with Crippen LogP contribution in [-0.2, 0) is 32.8 Å². The number of carbonyl (C=O) groups excluding carboxylic acids is 2. The Morgan fingerprint density at radius 2 is 1.62 bits per heavy atom. The number of aryl methyl sites for hydroxylation is 2. The lowest BCUT2D eigenvalue weighted by atomic mass is 9.94. The molecule has 0 saturated heterocycles. The summed E-state index contributed by atoms with van der Waals surface area (Å²) in [4.78, 5) is 30.2. The molecular formula is C34H42Cl2N4O4S. The largest absolute Gasteiger partial charge is 0.352 e. The number of hydrogen-bond acceptors (Lipinski definition) is 4. The Kier molecular flexibility index (Phi) is 11.9. The van der Waals surface area contributed by atoms with Crippen LogP contribution in [0.4, 0.5) is 5.69 Å². The number of carbonyl (C=O) groups is 2. The maximum absolute atomic E-state index is 14.6. The van der Waals surface area contributed by atoms with Crippen molar-refractivity contribution in [1.82, 2.24) is 14.5 Å². The SMILES string of the molecule is Cc1ccc(C)c(N(CC(=O)N(Cc2ccc(Cl)cc2Cl)C(Cc2ccccc2)C(=O)NC2CCCCC2)S(=O)(=O)N(C)C)c1. The zero-order chi connectivity index (χ0) is 32.7. The molecule has 3 aromatic rings. The van der Waals surface area contributed by atoms with Crippen molar-refractivity contribution in [3.8, 4) is 0 Å². The van der Waals surface area contributed by atoms with Gasteiger partial charge in [0.15, 0.2) is 0 Å². The van der Waals surface area contributed by atoms with E-state index < -0.39 is 28.7 Å². The highest BCUT2D eigenvalue weighted by molar-refractivity contribution is 7.90. The molecule has 0 spiro atoms. The molecule has 0 bridgehead atoms. The lowest BCUT2D eigenvalue weighted by Gasteiger charge is -2.36. The molecule has 0 aromatic heterocycles. The van der Waals surface area contributed by atoms with E-state index in [2.05, 4.69) is 5.32 Å². The fourth-order valence-electron chi connectivity index (χ4n) is 5.62. The Balaban J connectivity index is 1.80. The Bertz CT molecular complexity index is 1590. The molecule has 45 heavy (non-hydrogen) atoms. The first kappa shape index (κ1) is 34.8. The molecule has 1 N–H and O–H groups in total. The van der Waals surface area contributed by atoms with Gasteiger partial charge in [-0.25, -0.2) is 4.31 Å². The van der Waals surface area contributed by atoms with Crippen LogP contribution in [0.3, 0.4) is 0 Å². The van der Waals surface area contributed by atoms with Gasteiger partial charge in [-0.1, -0.05) is 91.0 Å². The van der Waals surface area contributed by atoms with E-state index in [1.54, 1.807) is 31.2 Å². The molecule has 0 aliphatic heterocycles. The fourth-order valence-corrected chi connectivity index (χ4v) is 7.20. The molecule has 0 radical (unpaired) electrons. The van der Waals surface area contributed by atoms with E-state index in [-0.39, 0.29) is 24.9 Å². The standard InChI is InChI=1S/C34H42Cl2N4O4S/c1-24-15-16-25(2)31(19-24)40(45(43,44)38(3)4)23-33(41)39(22-27-17-18-28(35)21-30(27)36)32(20-26-11-7-5-8-12-26)34(42)37-29-13-9-6-10-14-29/h5,7-8,11-12,15-19,21,29,32H,6,9-10,13-14,20,22-23H2,1-4H3,(H,37,42). The Morgan fingerprint density at radius 3 is 2.27 bits per heavy atom. The second-order valence-electron chi connectivity index (χ2n) is 11.9. The monoisotopic (exact) mass is 672 g/mol. The molecule has 11 heteroatoms. The molecule has 242 valence electrons. The van der Waals surface area contributed by atoms with Crippen LogP contribution in [0.5, 0.6) is 0 Å². The third-order valence-electron chi connectivity index (χ3n) is 8.23. The van der Waals surface area contributed by atoms with E-state index in [1.165, 1.54) is 19.0 Å². The van der Waals surface area contributed by atoms with Gasteiger partial charge in [-0.05, 0) is 67.1 Å². The highest BCUT2D eigenvalue weighted by Gasteiger charge is 2.36. The first-order valence-electron chi connectivity index (χ1n) is 15.2. The van der Waals surface area contributed by atoms with Gasteiger partial charge >= 0.3 is 10.2 Å². The molecule has 1 atom stereocenters. The van der Waals surface area contributed by atoms with Gasteiger partial charge in [0.2, 0.25) is 11.8 Å². The summed E-state index contributed by atoms with van der Waals surface area (Å²) in [5.41, 5.74) is 3.40. The van der Waals surface area contributed by atoms with Crippen molar-refractivity contribution in [2.75, 3.05) is 24.9 Å². The van der Waals surface area contributed by atoms with Crippen molar-refractivity contribution in [1.29, 1.82) is 0 Å². The number of benzene rings is 3. The molecule has 1 saturated carbocycles. The summed E-state index contributed by atoms with van der Waals surface area (Å²) in [6.45, 7) is 3.13. The van der Waals surface area contributed by atoms with Crippen LogP contribution >= 0.6 is 23.2 Å². The Hall–Kier alpha value is -3.11. The van der Waals surface area contributed by atoms with Gasteiger partial charge < -0.3 is 10.2 Å². The summed E-state index contributed by atoms with van der Waals surface area (Å²) >= 11 is 12.8. The zero-order valence-corrected chi connectivity index (χ0v) is 28.6. The lowest BCUT2D eigenvalue weighted by Crippen LogP contribution is -2.55. The topological polar surface area (TPSA) is 90.0 Å². The summed E-state index contributed by atoms with van der Waals surface area (Å²) in [6, 6.07) is 19.0. The summed E-state index contributed by atoms with van der Waals surface area (Å²) in [5.74, 6) is -0.815. The minimum Gasteiger partial charge on any atom is -0.352 e. The second-order valence-corrected chi connectivity index (χ2v) is 14.8. The summed E-state index contributed by atoms with van der Waals surface area (Å²) in [5, 5.41) is 3.99. The minimum absolute atomic E-state index is 0.0150. The van der Waals surface area contributed by atoms with Gasteiger partial charge in [0, 0.05) is 43.1 Å². The van der Waals surface area contributed by atoms with Crippen molar-refractivity contribution in [2.24, 2.45) is 0 Å². The molecule has 1 unspecified atom stereocenters. The van der Waals surface area contributed by atoms with E-state index in [0.29, 0.717) is 26.9 Å². The third kappa shape index (κ3) is 9.00. The third-order valence-corrected chi connectivity index (χ3v) is 10.6. The molecule has 3 aromatic carbocycles. The summed E-state index contributed by atoms with van der Waals surface area (Å²) in [7, 11) is -1.24. The van der Waals surface area contributed by atoms with Gasteiger partial charge in [-0.2, -0.15) is 12.7 Å². The second kappa shape index (κ2) is 15.5. The first-order chi connectivity index (χ1) is 21.4. The number of rotatable bonds is 12. The van der Waals surface area contributed by atoms with Gasteiger partial charge in [-0.3, -0.25) is 9.59 Å². The van der Waals surface area contributed by atoms with Gasteiger partial charge in [-0.15, -0.1) is 0 Å². The van der Waals surface area contributed by atoms with E-state index in [0.717, 1.165) is 51.8 Å². The Labute approximate surface area is 277 Å². The van der Waals surface area contributed by atoms with Gasteiger partial charge in [0.1, 0.15) is 12.6 Å². The van der Waals surface area contributed by atoms with Gasteiger partial charge in [0.05, 0.1) is 5.69 Å². The van der Waals surface area contributed by atoms with Crippen LogP contribution in [0.25, 0.3) is 0 Å². The highest BCUT2D eigenvalue weighted by atomic mass is 35.5. The van der Waals surface area contributed by atoms with E-state index in [4.69, 9.17) is 23.2 Å². The number of anilines is 1. The number of halogens is 2.